The summed E-state index contributed by atoms with van der Waals surface area (Å²) < 4.78 is 0. The molecule has 4 nitrogen and oxygen atoms in total. The van der Waals surface area contributed by atoms with Crippen molar-refractivity contribution in [2.75, 3.05) is 18.4 Å². The number of hydrogen-bond acceptors (Lipinski definition) is 3. The van der Waals surface area contributed by atoms with E-state index in [9.17, 15) is 9.90 Å². The standard InChI is InChI=1S/C18H20N2O2.ClH/c1-12(21)20-17-10-15-14(9-18(17)22)7-8-19-11-16(15)13-5-3-2-4-6-13;/h2-6,9-10,16,19,22H,7-8,11H2,1H3,(H,20,21);1H. The van der Waals surface area contributed by atoms with Gasteiger partial charge in [0.1, 0.15) is 5.75 Å². The van der Waals surface area contributed by atoms with Crippen molar-refractivity contribution in [2.24, 2.45) is 0 Å². The van der Waals surface area contributed by atoms with E-state index in [-0.39, 0.29) is 30.0 Å². The molecule has 1 atom stereocenters. The van der Waals surface area contributed by atoms with Gasteiger partial charge in [0.05, 0.1) is 5.69 Å². The van der Waals surface area contributed by atoms with E-state index in [1.165, 1.54) is 12.5 Å². The third-order valence-corrected chi connectivity index (χ3v) is 4.07. The van der Waals surface area contributed by atoms with E-state index >= 15 is 0 Å². The first-order valence-corrected chi connectivity index (χ1v) is 7.54. The number of nitrogens with one attached hydrogen (secondary N) is 2. The predicted molar refractivity (Wildman–Crippen MR) is 94.5 cm³/mol. The number of benzene rings is 2. The molecule has 2 aromatic carbocycles. The molecule has 5 heteroatoms. The zero-order valence-electron chi connectivity index (χ0n) is 13.0. The maximum absolute atomic E-state index is 11.3. The number of aromatic hydroxyl groups is 1. The quantitative estimate of drug-likeness (QED) is 0.741. The molecular formula is C18H21ClN2O2. The number of phenols is 1. The van der Waals surface area contributed by atoms with Gasteiger partial charge in [-0.1, -0.05) is 30.3 Å². The molecule has 1 unspecified atom stereocenters. The maximum atomic E-state index is 11.3. The maximum Gasteiger partial charge on any atom is 0.221 e. The van der Waals surface area contributed by atoms with Gasteiger partial charge in [-0.3, -0.25) is 4.79 Å². The first-order chi connectivity index (χ1) is 10.6. The Labute approximate surface area is 142 Å². The Balaban J connectivity index is 0.00000192. The molecule has 2 aromatic rings. The van der Waals surface area contributed by atoms with E-state index in [0.29, 0.717) is 5.69 Å². The van der Waals surface area contributed by atoms with Gasteiger partial charge in [-0.2, -0.15) is 0 Å². The number of anilines is 1. The summed E-state index contributed by atoms with van der Waals surface area (Å²) >= 11 is 0. The number of hydrogen-bond donors (Lipinski definition) is 3. The number of phenolic OH excluding ortho intramolecular Hbond substituents is 1. The van der Waals surface area contributed by atoms with Crippen molar-refractivity contribution >= 4 is 24.0 Å². The fraction of sp³-hybridized carbons (Fsp3) is 0.278. The van der Waals surface area contributed by atoms with Gasteiger partial charge in [-0.05, 0) is 41.8 Å². The van der Waals surface area contributed by atoms with Gasteiger partial charge < -0.3 is 15.7 Å². The van der Waals surface area contributed by atoms with E-state index in [1.807, 2.05) is 24.3 Å². The Morgan fingerprint density at radius 2 is 2.00 bits per heavy atom. The summed E-state index contributed by atoms with van der Waals surface area (Å²) in [6.45, 7) is 3.18. The molecule has 0 saturated heterocycles. The van der Waals surface area contributed by atoms with Gasteiger partial charge in [0.2, 0.25) is 5.91 Å². The number of halogens is 1. The molecule has 3 N–H and O–H groups in total. The lowest BCUT2D eigenvalue weighted by molar-refractivity contribution is -0.114. The minimum atomic E-state index is -0.182. The highest BCUT2D eigenvalue weighted by Crippen LogP contribution is 2.35. The lowest BCUT2D eigenvalue weighted by atomic mass is 9.87. The second kappa shape index (κ2) is 7.49. The highest BCUT2D eigenvalue weighted by Gasteiger charge is 2.22. The fourth-order valence-corrected chi connectivity index (χ4v) is 3.04. The van der Waals surface area contributed by atoms with Crippen LogP contribution in [0.1, 0.15) is 29.5 Å². The summed E-state index contributed by atoms with van der Waals surface area (Å²) in [5.74, 6) is 0.160. The highest BCUT2D eigenvalue weighted by atomic mass is 35.5. The molecule has 1 aliphatic heterocycles. The van der Waals surface area contributed by atoms with Crippen LogP contribution in [0.3, 0.4) is 0 Å². The molecule has 1 aliphatic rings. The molecule has 3 rings (SSSR count). The van der Waals surface area contributed by atoms with Gasteiger partial charge in [-0.15, -0.1) is 12.4 Å². The van der Waals surface area contributed by atoms with Gasteiger partial charge in [-0.25, -0.2) is 0 Å². The Bertz CT molecular complexity index is 689. The van der Waals surface area contributed by atoms with Gasteiger partial charge in [0, 0.05) is 19.4 Å². The second-order valence-electron chi connectivity index (χ2n) is 5.67. The van der Waals surface area contributed by atoms with Crippen LogP contribution < -0.4 is 10.6 Å². The van der Waals surface area contributed by atoms with Crippen molar-refractivity contribution in [3.05, 3.63) is 59.2 Å². The van der Waals surface area contributed by atoms with Crippen LogP contribution in [0.5, 0.6) is 5.75 Å². The molecule has 0 spiro atoms. The van der Waals surface area contributed by atoms with Crippen molar-refractivity contribution < 1.29 is 9.90 Å². The van der Waals surface area contributed by atoms with Gasteiger partial charge in [0.25, 0.3) is 0 Å². The van der Waals surface area contributed by atoms with Gasteiger partial charge in [0.15, 0.2) is 0 Å². The zero-order valence-corrected chi connectivity index (χ0v) is 13.8. The van der Waals surface area contributed by atoms with E-state index in [0.717, 1.165) is 30.6 Å². The van der Waals surface area contributed by atoms with Crippen LogP contribution in [0.2, 0.25) is 0 Å². The minimum Gasteiger partial charge on any atom is -0.506 e. The molecule has 0 saturated carbocycles. The average Bonchev–Trinajstić information content (AvgIpc) is 2.70. The Morgan fingerprint density at radius 1 is 1.26 bits per heavy atom. The number of rotatable bonds is 2. The summed E-state index contributed by atoms with van der Waals surface area (Å²) in [7, 11) is 0. The van der Waals surface area contributed by atoms with Crippen LogP contribution >= 0.6 is 12.4 Å². The first kappa shape index (κ1) is 17.3. The molecule has 0 fully saturated rings. The molecule has 1 heterocycles. The first-order valence-electron chi connectivity index (χ1n) is 7.54. The van der Waals surface area contributed by atoms with E-state index in [2.05, 4.69) is 22.8 Å². The molecule has 0 aliphatic carbocycles. The van der Waals surface area contributed by atoms with Crippen molar-refractivity contribution in [3.63, 3.8) is 0 Å². The Hall–Kier alpha value is -2.04. The molecule has 0 bridgehead atoms. The summed E-state index contributed by atoms with van der Waals surface area (Å²) in [5.41, 5.74) is 4.01. The number of carbonyl (C=O) groups excluding carboxylic acids is 1. The van der Waals surface area contributed by atoms with E-state index in [1.54, 1.807) is 6.07 Å². The summed E-state index contributed by atoms with van der Waals surface area (Å²) in [6, 6.07) is 14.0. The number of amides is 1. The van der Waals surface area contributed by atoms with Crippen molar-refractivity contribution in [1.82, 2.24) is 5.32 Å². The third kappa shape index (κ3) is 3.84. The molecule has 1 amide bonds. The Morgan fingerprint density at radius 3 is 2.70 bits per heavy atom. The smallest absolute Gasteiger partial charge is 0.221 e. The lowest BCUT2D eigenvalue weighted by Gasteiger charge is -2.20. The van der Waals surface area contributed by atoms with Crippen LogP contribution in [0.4, 0.5) is 5.69 Å². The van der Waals surface area contributed by atoms with Crippen LogP contribution in [-0.2, 0) is 11.2 Å². The normalized spacial score (nSPS) is 16.7. The molecule has 122 valence electrons. The monoisotopic (exact) mass is 332 g/mol. The summed E-state index contributed by atoms with van der Waals surface area (Å²) in [5, 5.41) is 16.3. The predicted octanol–water partition coefficient (Wildman–Crippen LogP) is 3.05. The summed E-state index contributed by atoms with van der Waals surface area (Å²) in [6.07, 6.45) is 0.868. The van der Waals surface area contributed by atoms with Crippen molar-refractivity contribution in [3.8, 4) is 5.75 Å². The fourth-order valence-electron chi connectivity index (χ4n) is 3.04. The van der Waals surface area contributed by atoms with Crippen LogP contribution in [-0.4, -0.2) is 24.1 Å². The zero-order chi connectivity index (χ0) is 15.5. The van der Waals surface area contributed by atoms with E-state index in [4.69, 9.17) is 0 Å². The second-order valence-corrected chi connectivity index (χ2v) is 5.67. The SMILES string of the molecule is CC(=O)Nc1cc2c(cc1O)CCNCC2c1ccccc1.Cl. The average molecular weight is 333 g/mol. The van der Waals surface area contributed by atoms with E-state index < -0.39 is 0 Å². The van der Waals surface area contributed by atoms with Crippen LogP contribution in [0.15, 0.2) is 42.5 Å². The summed E-state index contributed by atoms with van der Waals surface area (Å²) in [4.78, 5) is 11.3. The largest absolute Gasteiger partial charge is 0.506 e. The van der Waals surface area contributed by atoms with Crippen LogP contribution in [0, 0.1) is 0 Å². The highest BCUT2D eigenvalue weighted by molar-refractivity contribution is 5.90. The minimum absolute atomic E-state index is 0. The number of carbonyl (C=O) groups is 1. The van der Waals surface area contributed by atoms with Gasteiger partial charge >= 0.3 is 0 Å². The topological polar surface area (TPSA) is 61.4 Å². The van der Waals surface area contributed by atoms with Crippen molar-refractivity contribution in [1.29, 1.82) is 0 Å². The van der Waals surface area contributed by atoms with Crippen molar-refractivity contribution in [2.45, 2.75) is 19.3 Å². The lowest BCUT2D eigenvalue weighted by Crippen LogP contribution is -2.20. The van der Waals surface area contributed by atoms with Crippen LogP contribution in [0.25, 0.3) is 0 Å². The molecule has 0 radical (unpaired) electrons. The molecular weight excluding hydrogens is 312 g/mol. The molecule has 0 aromatic heterocycles. The number of fused-ring (bicyclic) bond motifs is 1. The Kier molecular flexibility index (Phi) is 5.64. The molecule has 23 heavy (non-hydrogen) atoms. The third-order valence-electron chi connectivity index (χ3n) is 4.07.